The number of carbonyl (C=O) groups excluding carboxylic acids is 1. The highest BCUT2D eigenvalue weighted by atomic mass is 32.2. The third-order valence-corrected chi connectivity index (χ3v) is 7.11. The lowest BCUT2D eigenvalue weighted by atomic mass is 9.98. The van der Waals surface area contributed by atoms with Crippen LogP contribution >= 0.6 is 24.0 Å². The number of carboxylic acids is 1. The predicted molar refractivity (Wildman–Crippen MR) is 138 cm³/mol. The van der Waals surface area contributed by atoms with Crippen molar-refractivity contribution in [3.63, 3.8) is 0 Å². The second kappa shape index (κ2) is 13.6. The second-order valence-electron chi connectivity index (χ2n) is 8.25. The number of hydrogen-bond acceptors (Lipinski definition) is 6. The van der Waals surface area contributed by atoms with Crippen molar-refractivity contribution in [1.29, 1.82) is 0 Å². The molecular weight excluding hydrogens is 458 g/mol. The molecule has 1 N–H and O–H groups in total. The zero-order chi connectivity index (χ0) is 24.4. The molecule has 1 aliphatic rings. The Morgan fingerprint density at radius 2 is 1.88 bits per heavy atom. The van der Waals surface area contributed by atoms with Crippen LogP contribution in [0.5, 0.6) is 11.5 Å². The number of unbranched alkanes of at least 4 members (excludes halogenated alkanes) is 5. The van der Waals surface area contributed by atoms with Gasteiger partial charge in [0.25, 0.3) is 5.91 Å². The van der Waals surface area contributed by atoms with Crippen LogP contribution in [0.25, 0.3) is 6.08 Å². The molecule has 2 rings (SSSR count). The van der Waals surface area contributed by atoms with Crippen LogP contribution in [0.4, 0.5) is 0 Å². The molecule has 0 spiro atoms. The number of benzene rings is 1. The number of hydrogen-bond donors (Lipinski definition) is 1. The number of ether oxygens (including phenoxy) is 2. The number of thiocarbonyl (C=S) groups is 1. The second-order valence-corrected chi connectivity index (χ2v) is 9.92. The zero-order valence-corrected chi connectivity index (χ0v) is 21.6. The lowest BCUT2D eigenvalue weighted by molar-refractivity contribution is -0.147. The van der Waals surface area contributed by atoms with Crippen LogP contribution in [-0.4, -0.2) is 46.0 Å². The summed E-state index contributed by atoms with van der Waals surface area (Å²) in [6, 6.07) is 4.53. The molecule has 33 heavy (non-hydrogen) atoms. The maximum atomic E-state index is 13.0. The Kier molecular flexibility index (Phi) is 11.2. The largest absolute Gasteiger partial charge is 0.493 e. The van der Waals surface area contributed by atoms with Gasteiger partial charge in [-0.15, -0.1) is 0 Å². The fourth-order valence-electron chi connectivity index (χ4n) is 3.66. The van der Waals surface area contributed by atoms with Crippen molar-refractivity contribution in [2.45, 2.75) is 71.8 Å². The summed E-state index contributed by atoms with van der Waals surface area (Å²) in [5.74, 6) is -0.380. The highest BCUT2D eigenvalue weighted by molar-refractivity contribution is 8.26. The van der Waals surface area contributed by atoms with Crippen molar-refractivity contribution in [1.82, 2.24) is 4.90 Å². The van der Waals surface area contributed by atoms with Crippen molar-refractivity contribution >= 4 is 46.3 Å². The Hall–Kier alpha value is -2.06. The van der Waals surface area contributed by atoms with Crippen LogP contribution in [0.1, 0.15) is 71.3 Å². The summed E-state index contributed by atoms with van der Waals surface area (Å²) in [7, 11) is 1.58. The number of amides is 1. The minimum absolute atomic E-state index is 0.215. The van der Waals surface area contributed by atoms with E-state index in [0.29, 0.717) is 29.4 Å². The van der Waals surface area contributed by atoms with Gasteiger partial charge >= 0.3 is 5.97 Å². The number of thioether (sulfide) groups is 1. The van der Waals surface area contributed by atoms with Crippen molar-refractivity contribution < 1.29 is 24.2 Å². The average Bonchev–Trinajstić information content (AvgIpc) is 3.06. The molecule has 1 heterocycles. The van der Waals surface area contributed by atoms with E-state index in [1.165, 1.54) is 30.6 Å². The number of methoxy groups -OCH3 is 1. The SMILES string of the molecule is CCCCCCCCOc1ccc(/C=C2\SC(=S)N(C(C(=O)O)C(C)CC)C2=O)cc1OC. The Bertz CT molecular complexity index is 870. The van der Waals surface area contributed by atoms with E-state index in [0.717, 1.165) is 30.2 Å². The number of carboxylic acid groups (broad SMARTS) is 1. The summed E-state index contributed by atoms with van der Waals surface area (Å²) in [4.78, 5) is 26.5. The van der Waals surface area contributed by atoms with Gasteiger partial charge in [0.1, 0.15) is 10.4 Å². The molecule has 1 fully saturated rings. The molecule has 0 aromatic heterocycles. The molecule has 2 unspecified atom stereocenters. The van der Waals surface area contributed by atoms with Gasteiger partial charge < -0.3 is 14.6 Å². The van der Waals surface area contributed by atoms with Gasteiger partial charge in [0, 0.05) is 0 Å². The summed E-state index contributed by atoms with van der Waals surface area (Å²) < 4.78 is 11.7. The van der Waals surface area contributed by atoms with Crippen molar-refractivity contribution in [2.75, 3.05) is 13.7 Å². The summed E-state index contributed by atoms with van der Waals surface area (Å²) in [5.41, 5.74) is 0.759. The van der Waals surface area contributed by atoms with Gasteiger partial charge in [-0.3, -0.25) is 9.69 Å². The van der Waals surface area contributed by atoms with E-state index in [1.54, 1.807) is 13.2 Å². The Morgan fingerprint density at radius 1 is 1.18 bits per heavy atom. The third-order valence-electron chi connectivity index (χ3n) is 5.78. The zero-order valence-electron chi connectivity index (χ0n) is 20.0. The van der Waals surface area contributed by atoms with Gasteiger partial charge in [-0.1, -0.05) is 89.3 Å². The third kappa shape index (κ3) is 7.47. The summed E-state index contributed by atoms with van der Waals surface area (Å²) in [6.45, 7) is 6.55. The average molecular weight is 494 g/mol. The lowest BCUT2D eigenvalue weighted by Crippen LogP contribution is -2.47. The Balaban J connectivity index is 2.08. The van der Waals surface area contributed by atoms with Crippen LogP contribution in [0.3, 0.4) is 0 Å². The standard InChI is InChI=1S/C25H35NO5S2/c1-5-7-8-9-10-11-14-31-19-13-12-18(15-20(19)30-4)16-21-23(27)26(25(32)33-21)22(24(28)29)17(3)6-2/h12-13,15-17,22H,5-11,14H2,1-4H3,(H,28,29)/b21-16-. The molecule has 1 aliphatic heterocycles. The molecule has 182 valence electrons. The highest BCUT2D eigenvalue weighted by Crippen LogP contribution is 2.37. The molecule has 0 bridgehead atoms. The maximum Gasteiger partial charge on any atom is 0.327 e. The molecule has 0 radical (unpaired) electrons. The molecule has 0 saturated carbocycles. The first-order valence-corrected chi connectivity index (χ1v) is 12.9. The van der Waals surface area contributed by atoms with E-state index in [2.05, 4.69) is 6.92 Å². The molecule has 1 aromatic rings. The van der Waals surface area contributed by atoms with Gasteiger partial charge in [0.15, 0.2) is 11.5 Å². The Morgan fingerprint density at radius 3 is 2.52 bits per heavy atom. The minimum atomic E-state index is -1.05. The first-order chi connectivity index (χ1) is 15.8. The quantitative estimate of drug-likeness (QED) is 0.190. The summed E-state index contributed by atoms with van der Waals surface area (Å²) in [6.07, 6.45) is 9.51. The van der Waals surface area contributed by atoms with E-state index in [4.69, 9.17) is 21.7 Å². The van der Waals surface area contributed by atoms with Crippen LogP contribution in [-0.2, 0) is 9.59 Å². The maximum absolute atomic E-state index is 13.0. The van der Waals surface area contributed by atoms with E-state index >= 15 is 0 Å². The molecule has 8 heteroatoms. The summed E-state index contributed by atoms with van der Waals surface area (Å²) in [5, 5.41) is 9.68. The Labute approximate surface area is 206 Å². The normalized spacial score (nSPS) is 16.8. The number of carbonyl (C=O) groups is 2. The van der Waals surface area contributed by atoms with Crippen LogP contribution < -0.4 is 9.47 Å². The lowest BCUT2D eigenvalue weighted by Gasteiger charge is -2.27. The molecule has 2 atom stereocenters. The van der Waals surface area contributed by atoms with Gasteiger partial charge in [0.2, 0.25) is 0 Å². The molecule has 1 aromatic carbocycles. The monoisotopic (exact) mass is 493 g/mol. The van der Waals surface area contributed by atoms with Crippen molar-refractivity contribution in [3.05, 3.63) is 28.7 Å². The van der Waals surface area contributed by atoms with Gasteiger partial charge in [-0.2, -0.15) is 0 Å². The van der Waals surface area contributed by atoms with Crippen LogP contribution in [0.2, 0.25) is 0 Å². The van der Waals surface area contributed by atoms with Crippen molar-refractivity contribution in [2.24, 2.45) is 5.92 Å². The molecule has 1 saturated heterocycles. The van der Waals surface area contributed by atoms with E-state index in [9.17, 15) is 14.7 Å². The van der Waals surface area contributed by atoms with Crippen LogP contribution in [0.15, 0.2) is 23.1 Å². The van der Waals surface area contributed by atoms with Crippen LogP contribution in [0, 0.1) is 5.92 Å². The first kappa shape index (κ1) is 27.2. The minimum Gasteiger partial charge on any atom is -0.493 e. The molecule has 1 amide bonds. The van der Waals surface area contributed by atoms with Gasteiger partial charge in [-0.25, -0.2) is 4.79 Å². The molecular formula is C25H35NO5S2. The topological polar surface area (TPSA) is 76.1 Å². The predicted octanol–water partition coefficient (Wildman–Crippen LogP) is 6.14. The fourth-order valence-corrected chi connectivity index (χ4v) is 4.99. The molecule has 0 aliphatic carbocycles. The smallest absolute Gasteiger partial charge is 0.327 e. The van der Waals surface area contributed by atoms with Crippen molar-refractivity contribution in [3.8, 4) is 11.5 Å². The van der Waals surface area contributed by atoms with E-state index in [1.807, 2.05) is 32.0 Å². The van der Waals surface area contributed by atoms with E-state index in [-0.39, 0.29) is 16.1 Å². The summed E-state index contributed by atoms with van der Waals surface area (Å²) >= 11 is 6.48. The number of nitrogens with zero attached hydrogens (tertiary/aromatic N) is 1. The van der Waals surface area contributed by atoms with E-state index < -0.39 is 12.0 Å². The number of aliphatic carboxylic acids is 1. The fraction of sp³-hybridized carbons (Fsp3) is 0.560. The number of rotatable bonds is 14. The van der Waals surface area contributed by atoms with Gasteiger partial charge in [0.05, 0.1) is 18.6 Å². The van der Waals surface area contributed by atoms with Gasteiger partial charge in [-0.05, 0) is 36.1 Å². The first-order valence-electron chi connectivity index (χ1n) is 11.6. The molecule has 6 nitrogen and oxygen atoms in total. The highest BCUT2D eigenvalue weighted by Gasteiger charge is 2.42.